The monoisotopic (exact) mass is 339 g/mol. The van der Waals surface area contributed by atoms with Crippen molar-refractivity contribution < 1.29 is 9.18 Å². The standard InChI is InChI=1S/C20H18FNOS/c21-19-9-6-15(7-10-19)12-22-20(23)14-24-13-16-5-8-17-3-1-2-4-18(17)11-16/h1-11H,12-14H2,(H,22,23). The summed E-state index contributed by atoms with van der Waals surface area (Å²) in [7, 11) is 0. The molecule has 0 aliphatic rings. The van der Waals surface area contributed by atoms with E-state index in [1.54, 1.807) is 23.9 Å². The first-order valence-corrected chi connectivity index (χ1v) is 8.93. The van der Waals surface area contributed by atoms with Crippen molar-refractivity contribution in [3.05, 3.63) is 83.7 Å². The molecule has 0 aromatic heterocycles. The van der Waals surface area contributed by atoms with Crippen molar-refractivity contribution >= 4 is 28.4 Å². The largest absolute Gasteiger partial charge is 0.351 e. The summed E-state index contributed by atoms with van der Waals surface area (Å²) < 4.78 is 12.8. The summed E-state index contributed by atoms with van der Waals surface area (Å²) in [5, 5.41) is 5.30. The molecule has 0 saturated carbocycles. The van der Waals surface area contributed by atoms with Crippen LogP contribution in [0.3, 0.4) is 0 Å². The van der Waals surface area contributed by atoms with Gasteiger partial charge in [0.05, 0.1) is 5.75 Å². The lowest BCUT2D eigenvalue weighted by atomic mass is 10.1. The number of rotatable bonds is 6. The van der Waals surface area contributed by atoms with Gasteiger partial charge in [0.2, 0.25) is 5.91 Å². The highest BCUT2D eigenvalue weighted by Gasteiger charge is 2.03. The molecule has 2 nitrogen and oxygen atoms in total. The predicted octanol–water partition coefficient (Wildman–Crippen LogP) is 4.53. The Balaban J connectivity index is 1.44. The molecule has 4 heteroatoms. The predicted molar refractivity (Wildman–Crippen MR) is 98.4 cm³/mol. The molecule has 0 saturated heterocycles. The SMILES string of the molecule is O=C(CSCc1ccc2ccccc2c1)NCc1ccc(F)cc1. The first-order valence-electron chi connectivity index (χ1n) is 7.77. The zero-order chi connectivity index (χ0) is 16.8. The van der Waals surface area contributed by atoms with Crippen molar-refractivity contribution in [3.63, 3.8) is 0 Å². The van der Waals surface area contributed by atoms with Gasteiger partial charge in [0.25, 0.3) is 0 Å². The Kier molecular flexibility index (Phi) is 5.49. The van der Waals surface area contributed by atoms with Gasteiger partial charge in [-0.3, -0.25) is 4.79 Å². The van der Waals surface area contributed by atoms with Crippen molar-refractivity contribution in [1.82, 2.24) is 5.32 Å². The van der Waals surface area contributed by atoms with Gasteiger partial charge in [0.1, 0.15) is 5.82 Å². The summed E-state index contributed by atoms with van der Waals surface area (Å²) in [6.07, 6.45) is 0. The molecular formula is C20H18FNOS. The Morgan fingerprint density at radius 2 is 1.62 bits per heavy atom. The normalized spacial score (nSPS) is 10.7. The highest BCUT2D eigenvalue weighted by atomic mass is 32.2. The van der Waals surface area contributed by atoms with E-state index in [1.165, 1.54) is 28.5 Å². The second-order valence-electron chi connectivity index (χ2n) is 5.58. The van der Waals surface area contributed by atoms with Crippen LogP contribution in [0.1, 0.15) is 11.1 Å². The summed E-state index contributed by atoms with van der Waals surface area (Å²) in [5.74, 6) is 0.934. The van der Waals surface area contributed by atoms with E-state index < -0.39 is 0 Å². The highest BCUT2D eigenvalue weighted by molar-refractivity contribution is 7.99. The van der Waals surface area contributed by atoms with Gasteiger partial charge in [-0.15, -0.1) is 11.8 Å². The van der Waals surface area contributed by atoms with Crippen molar-refractivity contribution in [2.24, 2.45) is 0 Å². The van der Waals surface area contributed by atoms with Crippen molar-refractivity contribution in [2.75, 3.05) is 5.75 Å². The van der Waals surface area contributed by atoms with Crippen LogP contribution in [0.4, 0.5) is 4.39 Å². The van der Waals surface area contributed by atoms with E-state index in [0.717, 1.165) is 11.3 Å². The minimum atomic E-state index is -0.268. The van der Waals surface area contributed by atoms with Gasteiger partial charge in [-0.2, -0.15) is 0 Å². The second-order valence-corrected chi connectivity index (χ2v) is 6.56. The summed E-state index contributed by atoms with van der Waals surface area (Å²) in [5.41, 5.74) is 2.11. The van der Waals surface area contributed by atoms with Crippen LogP contribution >= 0.6 is 11.8 Å². The highest BCUT2D eigenvalue weighted by Crippen LogP contribution is 2.19. The molecule has 0 unspecified atom stereocenters. The Hall–Kier alpha value is -2.33. The zero-order valence-corrected chi connectivity index (χ0v) is 14.0. The molecule has 24 heavy (non-hydrogen) atoms. The first kappa shape index (κ1) is 16.5. The minimum Gasteiger partial charge on any atom is -0.351 e. The van der Waals surface area contributed by atoms with Crippen LogP contribution < -0.4 is 5.32 Å². The van der Waals surface area contributed by atoms with E-state index in [0.29, 0.717) is 12.3 Å². The minimum absolute atomic E-state index is 0.00915. The number of halogens is 1. The number of hydrogen-bond acceptors (Lipinski definition) is 2. The van der Waals surface area contributed by atoms with Gasteiger partial charge >= 0.3 is 0 Å². The second kappa shape index (κ2) is 7.97. The van der Waals surface area contributed by atoms with E-state index in [9.17, 15) is 9.18 Å². The van der Waals surface area contributed by atoms with Crippen molar-refractivity contribution in [2.45, 2.75) is 12.3 Å². The molecule has 1 N–H and O–H groups in total. The van der Waals surface area contributed by atoms with Gasteiger partial charge < -0.3 is 5.32 Å². The number of hydrogen-bond donors (Lipinski definition) is 1. The van der Waals surface area contributed by atoms with E-state index in [-0.39, 0.29) is 11.7 Å². The molecule has 0 atom stereocenters. The molecular weight excluding hydrogens is 321 g/mol. The number of nitrogens with one attached hydrogen (secondary N) is 1. The van der Waals surface area contributed by atoms with Crippen LogP contribution in [0.25, 0.3) is 10.8 Å². The average Bonchev–Trinajstić information content (AvgIpc) is 2.61. The smallest absolute Gasteiger partial charge is 0.230 e. The molecule has 0 radical (unpaired) electrons. The Morgan fingerprint density at radius 3 is 2.42 bits per heavy atom. The van der Waals surface area contributed by atoms with E-state index >= 15 is 0 Å². The quantitative estimate of drug-likeness (QED) is 0.715. The van der Waals surface area contributed by atoms with E-state index in [2.05, 4.69) is 35.6 Å². The molecule has 0 bridgehead atoms. The lowest BCUT2D eigenvalue weighted by Gasteiger charge is -2.06. The topological polar surface area (TPSA) is 29.1 Å². The molecule has 3 aromatic rings. The fourth-order valence-corrected chi connectivity index (χ4v) is 3.25. The summed E-state index contributed by atoms with van der Waals surface area (Å²) >= 11 is 1.59. The summed E-state index contributed by atoms with van der Waals surface area (Å²) in [6, 6.07) is 20.8. The van der Waals surface area contributed by atoms with Crippen LogP contribution in [-0.4, -0.2) is 11.7 Å². The van der Waals surface area contributed by atoms with Crippen LogP contribution in [0.15, 0.2) is 66.7 Å². The van der Waals surface area contributed by atoms with E-state index in [1.807, 2.05) is 12.1 Å². The van der Waals surface area contributed by atoms with Crippen LogP contribution in [0, 0.1) is 5.82 Å². The molecule has 0 aliphatic carbocycles. The lowest BCUT2D eigenvalue weighted by molar-refractivity contribution is -0.118. The molecule has 0 spiro atoms. The Labute approximate surface area is 145 Å². The van der Waals surface area contributed by atoms with Crippen molar-refractivity contribution in [1.29, 1.82) is 0 Å². The number of fused-ring (bicyclic) bond motifs is 1. The molecule has 3 rings (SSSR count). The lowest BCUT2D eigenvalue weighted by Crippen LogP contribution is -2.24. The number of carbonyl (C=O) groups excluding carboxylic acids is 1. The molecule has 0 heterocycles. The van der Waals surface area contributed by atoms with Crippen LogP contribution in [0.5, 0.6) is 0 Å². The number of thioether (sulfide) groups is 1. The van der Waals surface area contributed by atoms with Gasteiger partial charge in [-0.05, 0) is 34.0 Å². The maximum atomic E-state index is 12.8. The zero-order valence-electron chi connectivity index (χ0n) is 13.2. The summed E-state index contributed by atoms with van der Waals surface area (Å²) in [6.45, 7) is 0.426. The fourth-order valence-electron chi connectivity index (χ4n) is 2.44. The maximum Gasteiger partial charge on any atom is 0.230 e. The molecule has 122 valence electrons. The van der Waals surface area contributed by atoms with Crippen LogP contribution in [0.2, 0.25) is 0 Å². The third-order valence-corrected chi connectivity index (χ3v) is 4.72. The average molecular weight is 339 g/mol. The number of carbonyl (C=O) groups is 1. The number of benzene rings is 3. The Bertz CT molecular complexity index is 832. The van der Waals surface area contributed by atoms with Gasteiger partial charge in [0.15, 0.2) is 0 Å². The fraction of sp³-hybridized carbons (Fsp3) is 0.150. The van der Waals surface area contributed by atoms with Crippen LogP contribution in [-0.2, 0) is 17.1 Å². The van der Waals surface area contributed by atoms with Gasteiger partial charge in [-0.25, -0.2) is 4.39 Å². The molecule has 0 aliphatic heterocycles. The first-order chi connectivity index (χ1) is 11.7. The molecule has 3 aromatic carbocycles. The van der Waals surface area contributed by atoms with Gasteiger partial charge in [0, 0.05) is 12.3 Å². The van der Waals surface area contributed by atoms with Crippen molar-refractivity contribution in [3.8, 4) is 0 Å². The maximum absolute atomic E-state index is 12.8. The third-order valence-electron chi connectivity index (χ3n) is 3.72. The third kappa shape index (κ3) is 4.59. The number of amides is 1. The van der Waals surface area contributed by atoms with Gasteiger partial charge in [-0.1, -0.05) is 54.6 Å². The molecule has 0 fully saturated rings. The molecule has 1 amide bonds. The summed E-state index contributed by atoms with van der Waals surface area (Å²) in [4.78, 5) is 11.9. The Morgan fingerprint density at radius 1 is 0.917 bits per heavy atom. The van der Waals surface area contributed by atoms with E-state index in [4.69, 9.17) is 0 Å².